The van der Waals surface area contributed by atoms with Gasteiger partial charge in [-0.25, -0.2) is 9.97 Å². The summed E-state index contributed by atoms with van der Waals surface area (Å²) in [4.78, 5) is 8.70. The molecule has 0 aromatic carbocycles. The summed E-state index contributed by atoms with van der Waals surface area (Å²) in [6, 6.07) is 2.06. The van der Waals surface area contributed by atoms with Gasteiger partial charge in [0.1, 0.15) is 18.0 Å². The van der Waals surface area contributed by atoms with Crippen molar-refractivity contribution in [1.29, 1.82) is 0 Å². The van der Waals surface area contributed by atoms with Crippen LogP contribution < -0.4 is 10.6 Å². The van der Waals surface area contributed by atoms with Crippen molar-refractivity contribution in [3.05, 3.63) is 12.4 Å². The highest BCUT2D eigenvalue weighted by atomic mass is 15.1. The molecule has 4 saturated carbocycles. The predicted molar refractivity (Wildman–Crippen MR) is 80.7 cm³/mol. The van der Waals surface area contributed by atoms with E-state index in [1.807, 2.05) is 0 Å². The first-order valence-electron chi connectivity index (χ1n) is 8.09. The first kappa shape index (κ1) is 12.4. The van der Waals surface area contributed by atoms with Crippen LogP contribution in [0.15, 0.2) is 12.4 Å². The largest absolute Gasteiger partial charge is 0.370 e. The molecule has 1 aromatic rings. The summed E-state index contributed by atoms with van der Waals surface area (Å²) in [7, 11) is 0. The standard InChI is InChI=1S/C16H24N4/c1-2-17-14-6-15(19-10-18-14)20-16-7-11-3-12(8-16)5-13(4-11)9-16/h6,10-13H,2-5,7-9H2,1H3,(H2,17,18,19,20). The average Bonchev–Trinajstić information content (AvgIpc) is 2.37. The highest BCUT2D eigenvalue weighted by Crippen LogP contribution is 2.56. The van der Waals surface area contributed by atoms with E-state index in [1.54, 1.807) is 6.33 Å². The topological polar surface area (TPSA) is 49.8 Å². The molecule has 0 radical (unpaired) electrons. The van der Waals surface area contributed by atoms with Gasteiger partial charge in [-0.3, -0.25) is 0 Å². The lowest BCUT2D eigenvalue weighted by atomic mass is 9.53. The summed E-state index contributed by atoms with van der Waals surface area (Å²) in [5, 5.41) is 7.06. The van der Waals surface area contributed by atoms with Crippen molar-refractivity contribution >= 4 is 11.6 Å². The number of hydrogen-bond acceptors (Lipinski definition) is 4. The second-order valence-electron chi connectivity index (χ2n) is 7.14. The Morgan fingerprint density at radius 1 is 1.05 bits per heavy atom. The molecule has 0 atom stereocenters. The van der Waals surface area contributed by atoms with E-state index in [4.69, 9.17) is 0 Å². The second-order valence-corrected chi connectivity index (χ2v) is 7.14. The van der Waals surface area contributed by atoms with Crippen molar-refractivity contribution in [2.75, 3.05) is 17.2 Å². The molecule has 4 nitrogen and oxygen atoms in total. The Labute approximate surface area is 120 Å². The lowest BCUT2D eigenvalue weighted by molar-refractivity contribution is 0.0105. The van der Waals surface area contributed by atoms with Crippen LogP contribution in [0.25, 0.3) is 0 Å². The Morgan fingerprint density at radius 3 is 2.25 bits per heavy atom. The first-order valence-corrected chi connectivity index (χ1v) is 8.09. The lowest BCUT2D eigenvalue weighted by Crippen LogP contribution is -2.54. The van der Waals surface area contributed by atoms with Crippen molar-refractivity contribution in [1.82, 2.24) is 9.97 Å². The fourth-order valence-corrected chi connectivity index (χ4v) is 5.24. The molecule has 4 heteroatoms. The molecule has 0 unspecified atom stereocenters. The van der Waals surface area contributed by atoms with E-state index in [9.17, 15) is 0 Å². The molecule has 4 bridgehead atoms. The van der Waals surface area contributed by atoms with Crippen molar-refractivity contribution < 1.29 is 0 Å². The molecule has 0 saturated heterocycles. The maximum Gasteiger partial charge on any atom is 0.131 e. The summed E-state index contributed by atoms with van der Waals surface area (Å²) >= 11 is 0. The summed E-state index contributed by atoms with van der Waals surface area (Å²) < 4.78 is 0. The number of rotatable bonds is 4. The molecular weight excluding hydrogens is 248 g/mol. The number of aromatic nitrogens is 2. The van der Waals surface area contributed by atoms with Crippen LogP contribution in [0.2, 0.25) is 0 Å². The minimum absolute atomic E-state index is 0.326. The van der Waals surface area contributed by atoms with Crippen LogP contribution in [-0.4, -0.2) is 22.1 Å². The van der Waals surface area contributed by atoms with Gasteiger partial charge < -0.3 is 10.6 Å². The fourth-order valence-electron chi connectivity index (χ4n) is 5.24. The van der Waals surface area contributed by atoms with Crippen LogP contribution in [0.4, 0.5) is 11.6 Å². The van der Waals surface area contributed by atoms with Crippen LogP contribution in [0, 0.1) is 17.8 Å². The summed E-state index contributed by atoms with van der Waals surface area (Å²) in [6.07, 6.45) is 10.1. The maximum atomic E-state index is 4.44. The average molecular weight is 272 g/mol. The SMILES string of the molecule is CCNc1cc(NC23CC4CC(CC(C4)C2)C3)ncn1. The molecule has 2 N–H and O–H groups in total. The quantitative estimate of drug-likeness (QED) is 0.883. The van der Waals surface area contributed by atoms with Gasteiger partial charge in [-0.15, -0.1) is 0 Å². The molecule has 4 fully saturated rings. The summed E-state index contributed by atoms with van der Waals surface area (Å²) in [6.45, 7) is 2.99. The van der Waals surface area contributed by atoms with Crippen LogP contribution in [0.1, 0.15) is 45.4 Å². The summed E-state index contributed by atoms with van der Waals surface area (Å²) in [5.41, 5.74) is 0.326. The first-order chi connectivity index (χ1) is 9.75. The van der Waals surface area contributed by atoms with Gasteiger partial charge in [0.15, 0.2) is 0 Å². The molecule has 20 heavy (non-hydrogen) atoms. The third-order valence-corrected chi connectivity index (χ3v) is 5.46. The van der Waals surface area contributed by atoms with E-state index < -0.39 is 0 Å². The number of nitrogens with one attached hydrogen (secondary N) is 2. The Morgan fingerprint density at radius 2 is 1.65 bits per heavy atom. The number of anilines is 2. The molecule has 1 aromatic heterocycles. The molecule has 4 aliphatic rings. The van der Waals surface area contributed by atoms with Gasteiger partial charge in [0.05, 0.1) is 0 Å². The van der Waals surface area contributed by atoms with Gasteiger partial charge in [-0.1, -0.05) is 0 Å². The smallest absolute Gasteiger partial charge is 0.131 e. The van der Waals surface area contributed by atoms with Gasteiger partial charge in [-0.2, -0.15) is 0 Å². The highest BCUT2D eigenvalue weighted by molar-refractivity contribution is 5.48. The molecule has 1 heterocycles. The number of nitrogens with zero attached hydrogens (tertiary/aromatic N) is 2. The third-order valence-electron chi connectivity index (χ3n) is 5.46. The zero-order valence-corrected chi connectivity index (χ0v) is 12.2. The molecule has 5 rings (SSSR count). The molecule has 0 aliphatic heterocycles. The maximum absolute atomic E-state index is 4.44. The fraction of sp³-hybridized carbons (Fsp3) is 0.750. The monoisotopic (exact) mass is 272 g/mol. The van der Waals surface area contributed by atoms with Crippen molar-refractivity contribution in [2.24, 2.45) is 17.8 Å². The molecule has 0 amide bonds. The normalized spacial score (nSPS) is 38.0. The van der Waals surface area contributed by atoms with Crippen LogP contribution >= 0.6 is 0 Å². The van der Waals surface area contributed by atoms with Gasteiger partial charge >= 0.3 is 0 Å². The van der Waals surface area contributed by atoms with Gasteiger partial charge in [0.2, 0.25) is 0 Å². The Kier molecular flexibility index (Phi) is 2.86. The highest BCUT2D eigenvalue weighted by Gasteiger charge is 2.51. The van der Waals surface area contributed by atoms with E-state index in [2.05, 4.69) is 33.6 Å². The Balaban J connectivity index is 1.55. The Bertz CT molecular complexity index is 464. The lowest BCUT2D eigenvalue weighted by Gasteiger charge is -2.57. The Hall–Kier alpha value is -1.32. The van der Waals surface area contributed by atoms with Crippen molar-refractivity contribution in [2.45, 2.75) is 51.0 Å². The minimum atomic E-state index is 0.326. The molecule has 4 aliphatic carbocycles. The van der Waals surface area contributed by atoms with E-state index in [0.29, 0.717) is 5.54 Å². The third kappa shape index (κ3) is 2.15. The zero-order chi connectivity index (χ0) is 13.6. The number of hydrogen-bond donors (Lipinski definition) is 2. The van der Waals surface area contributed by atoms with Crippen LogP contribution in [0.3, 0.4) is 0 Å². The molecular formula is C16H24N4. The van der Waals surface area contributed by atoms with Crippen LogP contribution in [-0.2, 0) is 0 Å². The molecule has 0 spiro atoms. The predicted octanol–water partition coefficient (Wildman–Crippen LogP) is 3.29. The minimum Gasteiger partial charge on any atom is -0.370 e. The second kappa shape index (κ2) is 4.61. The zero-order valence-electron chi connectivity index (χ0n) is 12.2. The van der Waals surface area contributed by atoms with Crippen molar-refractivity contribution in [3.63, 3.8) is 0 Å². The van der Waals surface area contributed by atoms with E-state index in [1.165, 1.54) is 38.5 Å². The van der Waals surface area contributed by atoms with E-state index in [-0.39, 0.29) is 0 Å². The van der Waals surface area contributed by atoms with Crippen LogP contribution in [0.5, 0.6) is 0 Å². The van der Waals surface area contributed by atoms with Crippen molar-refractivity contribution in [3.8, 4) is 0 Å². The van der Waals surface area contributed by atoms with Gasteiger partial charge in [0.25, 0.3) is 0 Å². The van der Waals surface area contributed by atoms with Gasteiger partial charge in [0, 0.05) is 18.2 Å². The summed E-state index contributed by atoms with van der Waals surface area (Å²) in [5.74, 6) is 4.81. The van der Waals surface area contributed by atoms with E-state index in [0.717, 1.165) is 35.9 Å². The van der Waals surface area contributed by atoms with E-state index >= 15 is 0 Å². The molecule has 108 valence electrons. The van der Waals surface area contributed by atoms with Gasteiger partial charge in [-0.05, 0) is 63.2 Å².